The Kier molecular flexibility index (Phi) is 6.06. The fourth-order valence-corrected chi connectivity index (χ4v) is 5.65. The van der Waals surface area contributed by atoms with Gasteiger partial charge < -0.3 is 31.9 Å². The lowest BCUT2D eigenvalue weighted by atomic mass is 9.79. The number of hydrogen-bond donors (Lipinski definition) is 5. The second-order valence-corrected chi connectivity index (χ2v) is 9.24. The van der Waals surface area contributed by atoms with Crippen LogP contribution in [0.2, 0.25) is 0 Å². The molecule has 0 radical (unpaired) electrons. The van der Waals surface area contributed by atoms with Crippen molar-refractivity contribution in [2.75, 3.05) is 5.32 Å². The largest absolute Gasteiger partial charge is 0.477 e. The molecule has 0 bridgehead atoms. The number of carboxylic acids is 1. The van der Waals surface area contributed by atoms with Gasteiger partial charge in [0.25, 0.3) is 0 Å². The van der Waals surface area contributed by atoms with Gasteiger partial charge in [0.15, 0.2) is 10.3 Å². The number of thioether (sulfide) groups is 1. The third-order valence-electron chi connectivity index (χ3n) is 4.96. The standard InChI is InChI=1S/C17H22N6O5S2/c1-5-10-9(7(3)24)14(26)23(10)11(15(27)28)12(5)30-17-22-8(4-29-17)21-13(25)6(2)20-16(18)19/h4-7,9-10,24H,1-3H3,(H,21,25)(H,27,28)(H4,18,19,20)/t5-,6?,7-,9-,10-/m1/s1. The molecule has 2 aliphatic rings. The highest BCUT2D eigenvalue weighted by molar-refractivity contribution is 8.04. The number of nitrogens with two attached hydrogens (primary N) is 2. The van der Waals surface area contributed by atoms with Gasteiger partial charge in [-0.3, -0.25) is 9.59 Å². The highest BCUT2D eigenvalue weighted by Gasteiger charge is 2.60. The molecule has 30 heavy (non-hydrogen) atoms. The summed E-state index contributed by atoms with van der Waals surface area (Å²) in [6.07, 6.45) is -0.866. The number of fused-ring (bicyclic) bond motifs is 1. The molecule has 1 fully saturated rings. The lowest BCUT2D eigenvalue weighted by molar-refractivity contribution is -0.163. The Bertz CT molecular complexity index is 954. The number of guanidine groups is 1. The number of aromatic nitrogens is 1. The van der Waals surface area contributed by atoms with E-state index < -0.39 is 41.9 Å². The van der Waals surface area contributed by atoms with Gasteiger partial charge in [-0.15, -0.1) is 11.3 Å². The number of carboxylic acid groups (broad SMARTS) is 1. The normalized spacial score (nSPS) is 24.7. The predicted octanol–water partition coefficient (Wildman–Crippen LogP) is -0.0107. The van der Waals surface area contributed by atoms with Crippen LogP contribution in [0.15, 0.2) is 25.3 Å². The summed E-state index contributed by atoms with van der Waals surface area (Å²) < 4.78 is 0.504. The van der Waals surface area contributed by atoms with Crippen LogP contribution < -0.4 is 16.8 Å². The van der Waals surface area contributed by atoms with E-state index in [4.69, 9.17) is 11.5 Å². The first-order valence-corrected chi connectivity index (χ1v) is 10.7. The van der Waals surface area contributed by atoms with Crippen molar-refractivity contribution in [2.24, 2.45) is 28.3 Å². The van der Waals surface area contributed by atoms with Crippen LogP contribution in [-0.2, 0) is 14.4 Å². The highest BCUT2D eigenvalue weighted by Crippen LogP contribution is 2.52. The molecule has 5 atom stereocenters. The minimum Gasteiger partial charge on any atom is -0.477 e. The van der Waals surface area contributed by atoms with Gasteiger partial charge in [0.1, 0.15) is 17.6 Å². The number of carbonyl (C=O) groups is 3. The minimum absolute atomic E-state index is 0.0819. The molecule has 2 amide bonds. The third kappa shape index (κ3) is 3.87. The zero-order valence-electron chi connectivity index (χ0n) is 16.4. The Labute approximate surface area is 180 Å². The van der Waals surface area contributed by atoms with Gasteiger partial charge >= 0.3 is 5.97 Å². The molecule has 2 aliphatic heterocycles. The van der Waals surface area contributed by atoms with Crippen LogP contribution in [0, 0.1) is 11.8 Å². The molecule has 0 aliphatic carbocycles. The molecular weight excluding hydrogens is 432 g/mol. The Morgan fingerprint density at radius 3 is 2.63 bits per heavy atom. The first-order valence-electron chi connectivity index (χ1n) is 9.04. The summed E-state index contributed by atoms with van der Waals surface area (Å²) in [7, 11) is 0. The molecule has 3 heterocycles. The molecule has 0 saturated carbocycles. The lowest BCUT2D eigenvalue weighted by Gasteiger charge is -2.46. The second-order valence-electron chi connectivity index (χ2n) is 7.09. The first kappa shape index (κ1) is 22.1. The van der Waals surface area contributed by atoms with Gasteiger partial charge in [0.05, 0.1) is 18.1 Å². The lowest BCUT2D eigenvalue weighted by Crippen LogP contribution is -2.63. The SMILES string of the molecule is CC(N=C(N)N)C(=O)Nc1csc(SC2=C(C(=O)O)N3C(=O)[C@H]([C@@H](C)O)[C@H]3[C@H]2C)n1. The van der Waals surface area contributed by atoms with Crippen molar-refractivity contribution < 1.29 is 24.6 Å². The van der Waals surface area contributed by atoms with Crippen molar-refractivity contribution in [3.8, 4) is 0 Å². The van der Waals surface area contributed by atoms with E-state index in [0.29, 0.717) is 9.24 Å². The Morgan fingerprint density at radius 2 is 2.07 bits per heavy atom. The molecule has 1 unspecified atom stereocenters. The van der Waals surface area contributed by atoms with Crippen LogP contribution in [0.25, 0.3) is 0 Å². The predicted molar refractivity (Wildman–Crippen MR) is 112 cm³/mol. The maximum atomic E-state index is 12.4. The Morgan fingerprint density at radius 1 is 1.40 bits per heavy atom. The zero-order valence-corrected chi connectivity index (χ0v) is 18.0. The fourth-order valence-electron chi connectivity index (χ4n) is 3.63. The summed E-state index contributed by atoms with van der Waals surface area (Å²) in [5, 5.41) is 23.8. The van der Waals surface area contributed by atoms with Gasteiger partial charge in [-0.05, 0) is 13.8 Å². The van der Waals surface area contributed by atoms with Gasteiger partial charge in [0.2, 0.25) is 11.8 Å². The molecule has 1 saturated heterocycles. The van der Waals surface area contributed by atoms with Crippen molar-refractivity contribution in [3.63, 3.8) is 0 Å². The van der Waals surface area contributed by atoms with E-state index in [1.165, 1.54) is 30.1 Å². The third-order valence-corrected chi connectivity index (χ3v) is 7.19. The van der Waals surface area contributed by atoms with Gasteiger partial charge in [0, 0.05) is 16.2 Å². The number of anilines is 1. The van der Waals surface area contributed by atoms with E-state index in [-0.39, 0.29) is 23.4 Å². The minimum atomic E-state index is -1.21. The van der Waals surface area contributed by atoms with E-state index >= 15 is 0 Å². The summed E-state index contributed by atoms with van der Waals surface area (Å²) >= 11 is 2.36. The maximum absolute atomic E-state index is 12.4. The fraction of sp³-hybridized carbons (Fsp3) is 0.471. The second kappa shape index (κ2) is 8.24. The number of thiazole rings is 1. The number of rotatable bonds is 7. The Balaban J connectivity index is 1.78. The molecule has 11 nitrogen and oxygen atoms in total. The molecule has 1 aromatic heterocycles. The number of aliphatic hydroxyl groups is 1. The van der Waals surface area contributed by atoms with Crippen LogP contribution in [0.1, 0.15) is 20.8 Å². The quantitative estimate of drug-likeness (QED) is 0.215. The van der Waals surface area contributed by atoms with Crippen LogP contribution in [-0.4, -0.2) is 62.0 Å². The van der Waals surface area contributed by atoms with E-state index in [9.17, 15) is 24.6 Å². The van der Waals surface area contributed by atoms with Crippen molar-refractivity contribution >= 4 is 52.7 Å². The molecule has 0 spiro atoms. The number of hydrogen-bond acceptors (Lipinski definition) is 8. The summed E-state index contributed by atoms with van der Waals surface area (Å²) in [5.41, 5.74) is 10.5. The Hall–Kier alpha value is -2.64. The van der Waals surface area contributed by atoms with Gasteiger partial charge in [-0.1, -0.05) is 18.7 Å². The maximum Gasteiger partial charge on any atom is 0.353 e. The number of nitrogens with one attached hydrogen (secondary N) is 1. The van der Waals surface area contributed by atoms with Crippen molar-refractivity contribution in [3.05, 3.63) is 16.0 Å². The topological polar surface area (TPSA) is 184 Å². The van der Waals surface area contributed by atoms with Crippen LogP contribution in [0.3, 0.4) is 0 Å². The van der Waals surface area contributed by atoms with Gasteiger partial charge in [-0.2, -0.15) is 0 Å². The number of amides is 2. The molecule has 162 valence electrons. The number of carbonyl (C=O) groups excluding carboxylic acids is 2. The molecule has 3 rings (SSSR count). The van der Waals surface area contributed by atoms with Crippen LogP contribution >= 0.6 is 23.1 Å². The van der Waals surface area contributed by atoms with Crippen LogP contribution in [0.4, 0.5) is 5.82 Å². The molecular formula is C17H22N6O5S2. The number of β-lactam (4-membered cyclic amide) rings is 1. The van der Waals surface area contributed by atoms with Crippen molar-refractivity contribution in [2.45, 2.75) is 43.3 Å². The van der Waals surface area contributed by atoms with Crippen molar-refractivity contribution in [1.29, 1.82) is 0 Å². The number of aliphatic carboxylic acids is 1. The average Bonchev–Trinajstić information content (AvgIpc) is 3.16. The smallest absolute Gasteiger partial charge is 0.353 e. The van der Waals surface area contributed by atoms with Crippen LogP contribution in [0.5, 0.6) is 0 Å². The average molecular weight is 455 g/mol. The molecule has 13 heteroatoms. The van der Waals surface area contributed by atoms with Crippen molar-refractivity contribution in [1.82, 2.24) is 9.88 Å². The molecule has 7 N–H and O–H groups in total. The number of aliphatic hydroxyl groups excluding tert-OH is 1. The highest BCUT2D eigenvalue weighted by atomic mass is 32.2. The van der Waals surface area contributed by atoms with E-state index in [1.807, 2.05) is 6.92 Å². The number of aliphatic imine (C=N–C) groups is 1. The summed E-state index contributed by atoms with van der Waals surface area (Å²) in [4.78, 5) is 46.1. The summed E-state index contributed by atoms with van der Waals surface area (Å²) in [6.45, 7) is 4.88. The summed E-state index contributed by atoms with van der Waals surface area (Å²) in [6, 6.07) is -1.19. The number of nitrogens with zero attached hydrogens (tertiary/aromatic N) is 3. The van der Waals surface area contributed by atoms with E-state index in [1.54, 1.807) is 5.38 Å². The molecule has 0 aromatic carbocycles. The van der Waals surface area contributed by atoms with E-state index in [2.05, 4.69) is 15.3 Å². The van der Waals surface area contributed by atoms with Gasteiger partial charge in [-0.25, -0.2) is 14.8 Å². The first-order chi connectivity index (χ1) is 14.0. The zero-order chi connectivity index (χ0) is 22.3. The monoisotopic (exact) mass is 454 g/mol. The van der Waals surface area contributed by atoms with E-state index in [0.717, 1.165) is 11.8 Å². The summed E-state index contributed by atoms with van der Waals surface area (Å²) in [5.74, 6) is -2.87. The molecule has 1 aromatic rings.